The van der Waals surface area contributed by atoms with Crippen LogP contribution in [0.5, 0.6) is 0 Å². The molecular formula is C18H17N5O3. The molecule has 8 heteroatoms. The Balaban J connectivity index is 1.61. The fourth-order valence-electron chi connectivity index (χ4n) is 2.20. The number of hydrogen-bond acceptors (Lipinski definition) is 6. The van der Waals surface area contributed by atoms with Crippen LogP contribution in [0.2, 0.25) is 0 Å². The van der Waals surface area contributed by atoms with E-state index in [0.717, 1.165) is 5.56 Å². The molecule has 3 aromatic rings. The first-order chi connectivity index (χ1) is 12.6. The molecule has 0 aliphatic carbocycles. The molecule has 8 nitrogen and oxygen atoms in total. The molecule has 0 unspecified atom stereocenters. The predicted molar refractivity (Wildman–Crippen MR) is 95.3 cm³/mol. The third-order valence-electron chi connectivity index (χ3n) is 3.46. The number of anilines is 1. The van der Waals surface area contributed by atoms with E-state index in [4.69, 9.17) is 4.74 Å². The van der Waals surface area contributed by atoms with Crippen molar-refractivity contribution < 1.29 is 9.53 Å². The molecule has 0 fully saturated rings. The number of amides is 1. The zero-order chi connectivity index (χ0) is 18.4. The van der Waals surface area contributed by atoms with Crippen molar-refractivity contribution in [3.8, 4) is 11.5 Å². The Bertz CT molecular complexity index is 956. The lowest BCUT2D eigenvalue weighted by Gasteiger charge is -2.09. The average molecular weight is 351 g/mol. The number of aromatic amines is 1. The molecule has 26 heavy (non-hydrogen) atoms. The van der Waals surface area contributed by atoms with Crippen molar-refractivity contribution in [3.63, 3.8) is 0 Å². The van der Waals surface area contributed by atoms with Gasteiger partial charge in [0.25, 0.3) is 5.91 Å². The quantitative estimate of drug-likeness (QED) is 0.699. The molecule has 0 atom stereocenters. The van der Waals surface area contributed by atoms with Crippen LogP contribution >= 0.6 is 0 Å². The summed E-state index contributed by atoms with van der Waals surface area (Å²) in [6, 6.07) is 8.57. The van der Waals surface area contributed by atoms with Crippen LogP contribution in [0, 0.1) is 6.92 Å². The number of carbonyl (C=O) groups excluding carboxylic acids is 1. The van der Waals surface area contributed by atoms with Crippen LogP contribution in [0.4, 0.5) is 5.82 Å². The van der Waals surface area contributed by atoms with E-state index in [1.54, 1.807) is 37.5 Å². The zero-order valence-electron chi connectivity index (χ0n) is 14.1. The van der Waals surface area contributed by atoms with Crippen molar-refractivity contribution in [1.29, 1.82) is 0 Å². The van der Waals surface area contributed by atoms with Gasteiger partial charge in [-0.2, -0.15) is 0 Å². The van der Waals surface area contributed by atoms with Crippen LogP contribution in [0.3, 0.4) is 0 Å². The van der Waals surface area contributed by atoms with Crippen LogP contribution in [-0.2, 0) is 16.1 Å². The van der Waals surface area contributed by atoms with Crippen LogP contribution < -0.4 is 10.9 Å². The summed E-state index contributed by atoms with van der Waals surface area (Å²) in [6.45, 7) is 1.81. The van der Waals surface area contributed by atoms with Crippen LogP contribution in [0.1, 0.15) is 11.1 Å². The second kappa shape index (κ2) is 8.13. The minimum atomic E-state index is -0.344. The Labute approximate surface area is 149 Å². The average Bonchev–Trinajstić information content (AvgIpc) is 2.64. The van der Waals surface area contributed by atoms with E-state index in [9.17, 15) is 9.59 Å². The molecule has 0 spiro atoms. The Hall–Kier alpha value is -3.39. The van der Waals surface area contributed by atoms with Gasteiger partial charge in [-0.25, -0.2) is 9.97 Å². The van der Waals surface area contributed by atoms with E-state index in [2.05, 4.69) is 25.3 Å². The summed E-state index contributed by atoms with van der Waals surface area (Å²) < 4.78 is 5.34. The second-order valence-corrected chi connectivity index (χ2v) is 5.54. The molecule has 0 aromatic carbocycles. The molecule has 0 bridgehead atoms. The monoisotopic (exact) mass is 351 g/mol. The number of nitrogens with zero attached hydrogens (tertiary/aromatic N) is 3. The molecule has 132 valence electrons. The summed E-state index contributed by atoms with van der Waals surface area (Å²) in [5, 5.41) is 2.71. The molecule has 0 aliphatic heterocycles. The van der Waals surface area contributed by atoms with E-state index in [-0.39, 0.29) is 24.7 Å². The van der Waals surface area contributed by atoms with Crippen molar-refractivity contribution in [3.05, 3.63) is 70.4 Å². The van der Waals surface area contributed by atoms with Gasteiger partial charge < -0.3 is 15.0 Å². The standard InChI is InChI=1S/C18H17N5O3/c1-12-9-21-18(14-4-2-3-6-19-14)23-17(12)22-16(25)11-26-10-13-5-7-20-15(24)8-13/h2-9H,10-11H2,1H3,(H,20,24)(H,21,22,23,25). The SMILES string of the molecule is Cc1cnc(-c2ccccn2)nc1NC(=O)COCc1cc[nH]c(=O)c1. The first kappa shape index (κ1) is 17.4. The minimum Gasteiger partial charge on any atom is -0.367 e. The Kier molecular flexibility index (Phi) is 5.45. The smallest absolute Gasteiger partial charge is 0.251 e. The van der Waals surface area contributed by atoms with Gasteiger partial charge in [0.1, 0.15) is 18.1 Å². The van der Waals surface area contributed by atoms with Crippen LogP contribution in [-0.4, -0.2) is 32.4 Å². The molecule has 3 rings (SSSR count). The highest BCUT2D eigenvalue weighted by Gasteiger charge is 2.10. The zero-order valence-corrected chi connectivity index (χ0v) is 14.1. The number of carbonyl (C=O) groups is 1. The summed E-state index contributed by atoms with van der Waals surface area (Å²) in [6.07, 6.45) is 4.81. The lowest BCUT2D eigenvalue weighted by Crippen LogP contribution is -2.20. The van der Waals surface area contributed by atoms with Gasteiger partial charge in [-0.05, 0) is 30.7 Å². The molecular weight excluding hydrogens is 334 g/mol. The third-order valence-corrected chi connectivity index (χ3v) is 3.46. The van der Waals surface area contributed by atoms with E-state index in [0.29, 0.717) is 22.9 Å². The number of nitrogens with one attached hydrogen (secondary N) is 2. The first-order valence-corrected chi connectivity index (χ1v) is 7.92. The largest absolute Gasteiger partial charge is 0.367 e. The van der Waals surface area contributed by atoms with Gasteiger partial charge in [0, 0.05) is 30.2 Å². The summed E-state index contributed by atoms with van der Waals surface area (Å²) in [5.74, 6) is 0.491. The molecule has 3 heterocycles. The van der Waals surface area contributed by atoms with Gasteiger partial charge in [-0.3, -0.25) is 14.6 Å². The van der Waals surface area contributed by atoms with E-state index in [1.807, 2.05) is 6.07 Å². The Morgan fingerprint density at radius 1 is 1.27 bits per heavy atom. The van der Waals surface area contributed by atoms with E-state index >= 15 is 0 Å². The number of H-pyrrole nitrogens is 1. The summed E-state index contributed by atoms with van der Waals surface area (Å²) in [5.41, 5.74) is 1.83. The molecule has 0 aliphatic rings. The fraction of sp³-hybridized carbons (Fsp3) is 0.167. The minimum absolute atomic E-state index is 0.158. The van der Waals surface area contributed by atoms with E-state index < -0.39 is 0 Å². The maximum Gasteiger partial charge on any atom is 0.251 e. The number of hydrogen-bond donors (Lipinski definition) is 2. The molecule has 0 radical (unpaired) electrons. The molecule has 2 N–H and O–H groups in total. The number of ether oxygens (including phenoxy) is 1. The van der Waals surface area contributed by atoms with Crippen molar-refractivity contribution in [1.82, 2.24) is 19.9 Å². The highest BCUT2D eigenvalue weighted by molar-refractivity contribution is 5.91. The number of aromatic nitrogens is 4. The predicted octanol–water partition coefficient (Wildman–Crippen LogP) is 1.69. The third kappa shape index (κ3) is 4.58. The summed E-state index contributed by atoms with van der Waals surface area (Å²) in [4.78, 5) is 38.6. The lowest BCUT2D eigenvalue weighted by atomic mass is 10.3. The van der Waals surface area contributed by atoms with Crippen molar-refractivity contribution in [2.45, 2.75) is 13.5 Å². The maximum atomic E-state index is 12.1. The topological polar surface area (TPSA) is 110 Å². The fourth-order valence-corrected chi connectivity index (χ4v) is 2.20. The number of rotatable bonds is 6. The maximum absolute atomic E-state index is 12.1. The van der Waals surface area contributed by atoms with Crippen molar-refractivity contribution >= 4 is 11.7 Å². The summed E-state index contributed by atoms with van der Waals surface area (Å²) in [7, 11) is 0. The van der Waals surface area contributed by atoms with Gasteiger partial charge in [-0.15, -0.1) is 0 Å². The highest BCUT2D eigenvalue weighted by atomic mass is 16.5. The van der Waals surface area contributed by atoms with Gasteiger partial charge in [0.05, 0.1) is 6.61 Å². The molecule has 0 saturated carbocycles. The molecule has 0 saturated heterocycles. The Morgan fingerprint density at radius 2 is 2.15 bits per heavy atom. The number of pyridine rings is 2. The van der Waals surface area contributed by atoms with Crippen molar-refractivity contribution in [2.24, 2.45) is 0 Å². The van der Waals surface area contributed by atoms with Gasteiger partial charge in [0.15, 0.2) is 5.82 Å². The number of aryl methyl sites for hydroxylation is 1. The molecule has 1 amide bonds. The second-order valence-electron chi connectivity index (χ2n) is 5.54. The normalized spacial score (nSPS) is 10.5. The molecule has 3 aromatic heterocycles. The van der Waals surface area contributed by atoms with Gasteiger partial charge in [-0.1, -0.05) is 6.07 Å². The van der Waals surface area contributed by atoms with Crippen LogP contribution in [0.15, 0.2) is 53.7 Å². The summed E-state index contributed by atoms with van der Waals surface area (Å²) >= 11 is 0. The highest BCUT2D eigenvalue weighted by Crippen LogP contribution is 2.16. The van der Waals surface area contributed by atoms with Gasteiger partial charge >= 0.3 is 0 Å². The van der Waals surface area contributed by atoms with Crippen molar-refractivity contribution in [2.75, 3.05) is 11.9 Å². The van der Waals surface area contributed by atoms with E-state index in [1.165, 1.54) is 12.3 Å². The van der Waals surface area contributed by atoms with Gasteiger partial charge in [0.2, 0.25) is 5.56 Å². The first-order valence-electron chi connectivity index (χ1n) is 7.92. The Morgan fingerprint density at radius 3 is 2.92 bits per heavy atom. The van der Waals surface area contributed by atoms with Crippen LogP contribution in [0.25, 0.3) is 11.5 Å². The lowest BCUT2D eigenvalue weighted by molar-refractivity contribution is -0.121.